The number of carbonyl (C=O) groups is 1. The summed E-state index contributed by atoms with van der Waals surface area (Å²) < 4.78 is 11.8. The lowest BCUT2D eigenvalue weighted by atomic mass is 9.93. The highest BCUT2D eigenvalue weighted by atomic mass is 28.4. The molecule has 1 rings (SSSR count). The second-order valence-electron chi connectivity index (χ2n) is 11.1. The molecule has 0 heterocycles. The van der Waals surface area contributed by atoms with E-state index in [-0.39, 0.29) is 11.0 Å². The number of alkyl carbamates (subject to hydrolysis) is 1. The molecule has 0 bridgehead atoms. The molecule has 3 atom stereocenters. The lowest BCUT2D eigenvalue weighted by Gasteiger charge is -2.37. The van der Waals surface area contributed by atoms with Crippen molar-refractivity contribution in [3.63, 3.8) is 0 Å². The molecule has 0 aromatic heterocycles. The van der Waals surface area contributed by atoms with Crippen LogP contribution in [0.4, 0.5) is 4.79 Å². The number of nitrogens with one attached hydrogen (secondary N) is 1. The first kappa shape index (κ1) is 28.0. The number of hydrogen-bond acceptors (Lipinski definition) is 4. The highest BCUT2D eigenvalue weighted by molar-refractivity contribution is 6.74. The molecule has 0 saturated carbocycles. The Morgan fingerprint density at radius 1 is 1.16 bits per heavy atom. The first-order chi connectivity index (χ1) is 14.6. The third-order valence-electron chi connectivity index (χ3n) is 5.84. The summed E-state index contributed by atoms with van der Waals surface area (Å²) in [4.78, 5) is 15.6. The first-order valence-corrected chi connectivity index (χ1v) is 14.3. The summed E-state index contributed by atoms with van der Waals surface area (Å²) in [5.41, 5.74) is 9.68. The van der Waals surface area contributed by atoms with Crippen molar-refractivity contribution in [3.8, 4) is 0 Å². The van der Waals surface area contributed by atoms with E-state index in [1.165, 1.54) is 0 Å². The molecule has 0 aliphatic heterocycles. The van der Waals surface area contributed by atoms with Crippen molar-refractivity contribution in [3.05, 3.63) is 46.3 Å². The van der Waals surface area contributed by atoms with Crippen molar-refractivity contribution in [2.45, 2.75) is 97.1 Å². The minimum absolute atomic E-state index is 0.130. The molecule has 0 aliphatic rings. The molecule has 1 N–H and O–H groups in total. The maximum absolute atomic E-state index is 12.5. The fraction of sp³-hybridized carbons (Fsp3) is 0.708. The van der Waals surface area contributed by atoms with E-state index in [2.05, 4.69) is 56.1 Å². The van der Waals surface area contributed by atoms with Gasteiger partial charge in [0.25, 0.3) is 0 Å². The second-order valence-corrected chi connectivity index (χ2v) is 15.9. The lowest BCUT2D eigenvalue weighted by Crippen LogP contribution is -2.47. The van der Waals surface area contributed by atoms with Gasteiger partial charge in [0.2, 0.25) is 0 Å². The van der Waals surface area contributed by atoms with Crippen molar-refractivity contribution in [1.82, 2.24) is 5.32 Å². The number of rotatable bonds is 10. The largest absolute Gasteiger partial charge is 0.444 e. The maximum atomic E-state index is 12.5. The Labute approximate surface area is 195 Å². The van der Waals surface area contributed by atoms with E-state index in [0.29, 0.717) is 19.4 Å². The SMILES string of the molecule is CC(CO[Si](C)(C)C(C)(C)C)CC(N=[N+]=[N-])C(Cc1ccccc1)NC(=O)OC(C)(C)C. The number of benzene rings is 1. The van der Waals surface area contributed by atoms with E-state index in [1.807, 2.05) is 51.1 Å². The Balaban J connectivity index is 2.99. The standard InChI is InChI=1S/C24H42N4O3Si/c1-18(17-30-32(8,9)24(5,6)7)15-21(27-28-25)20(16-19-13-11-10-12-14-19)26-22(29)31-23(2,3)4/h10-14,18,20-21H,15-17H2,1-9H3,(H,26,29). The van der Waals surface area contributed by atoms with Crippen LogP contribution in [0.5, 0.6) is 0 Å². The molecule has 1 amide bonds. The Morgan fingerprint density at radius 2 is 1.75 bits per heavy atom. The zero-order valence-electron chi connectivity index (χ0n) is 21.3. The minimum Gasteiger partial charge on any atom is -0.444 e. The minimum atomic E-state index is -1.87. The quantitative estimate of drug-likeness (QED) is 0.178. The molecule has 180 valence electrons. The van der Waals surface area contributed by atoms with E-state index in [9.17, 15) is 10.3 Å². The van der Waals surface area contributed by atoms with Crippen LogP contribution in [0.25, 0.3) is 10.4 Å². The van der Waals surface area contributed by atoms with Gasteiger partial charge in [0.1, 0.15) is 5.60 Å². The van der Waals surface area contributed by atoms with Gasteiger partial charge in [-0.2, -0.15) is 0 Å². The van der Waals surface area contributed by atoms with Gasteiger partial charge in [0, 0.05) is 17.6 Å². The molecule has 8 heteroatoms. The fourth-order valence-electron chi connectivity index (χ4n) is 3.02. The molecule has 1 aromatic rings. The molecular formula is C24H42N4O3Si. The fourth-order valence-corrected chi connectivity index (χ4v) is 4.15. The topological polar surface area (TPSA) is 96.3 Å². The first-order valence-electron chi connectivity index (χ1n) is 11.4. The molecule has 0 spiro atoms. The zero-order chi connectivity index (χ0) is 24.6. The molecule has 0 fully saturated rings. The summed E-state index contributed by atoms with van der Waals surface area (Å²) in [5.74, 6) is 0.165. The van der Waals surface area contributed by atoms with Gasteiger partial charge in [0.15, 0.2) is 8.32 Å². The molecule has 3 unspecified atom stereocenters. The van der Waals surface area contributed by atoms with Crippen molar-refractivity contribution >= 4 is 14.4 Å². The van der Waals surface area contributed by atoms with E-state index in [1.54, 1.807) is 0 Å². The van der Waals surface area contributed by atoms with Crippen molar-refractivity contribution < 1.29 is 14.0 Å². The maximum Gasteiger partial charge on any atom is 0.407 e. The molecule has 1 aromatic carbocycles. The van der Waals surface area contributed by atoms with Gasteiger partial charge in [0.05, 0.1) is 6.04 Å². The number of ether oxygens (including phenoxy) is 1. The van der Waals surface area contributed by atoms with E-state index >= 15 is 0 Å². The number of nitrogens with zero attached hydrogens (tertiary/aromatic N) is 3. The van der Waals surface area contributed by atoms with Crippen LogP contribution in [-0.4, -0.2) is 38.7 Å². The van der Waals surface area contributed by atoms with Gasteiger partial charge in [-0.25, -0.2) is 4.79 Å². The number of carbonyl (C=O) groups excluding carboxylic acids is 1. The molecule has 32 heavy (non-hydrogen) atoms. The summed E-state index contributed by atoms with van der Waals surface area (Å²) in [6, 6.07) is 9.05. The van der Waals surface area contributed by atoms with Crippen LogP contribution in [0.2, 0.25) is 18.1 Å². The van der Waals surface area contributed by atoms with Crippen LogP contribution in [0, 0.1) is 5.92 Å². The molecule has 0 radical (unpaired) electrons. The third-order valence-corrected chi connectivity index (χ3v) is 10.3. The zero-order valence-corrected chi connectivity index (χ0v) is 22.3. The smallest absolute Gasteiger partial charge is 0.407 e. The Morgan fingerprint density at radius 3 is 2.25 bits per heavy atom. The van der Waals surface area contributed by atoms with Crippen molar-refractivity contribution in [1.29, 1.82) is 0 Å². The summed E-state index contributed by atoms with van der Waals surface area (Å²) in [5, 5.41) is 7.15. The van der Waals surface area contributed by atoms with Gasteiger partial charge < -0.3 is 14.5 Å². The van der Waals surface area contributed by atoms with Gasteiger partial charge in [-0.3, -0.25) is 0 Å². The van der Waals surface area contributed by atoms with Crippen molar-refractivity contribution in [2.75, 3.05) is 6.61 Å². The summed E-state index contributed by atoms with van der Waals surface area (Å²) >= 11 is 0. The average molecular weight is 463 g/mol. The van der Waals surface area contributed by atoms with Gasteiger partial charge in [-0.05, 0) is 68.8 Å². The Bertz CT molecular complexity index is 766. The van der Waals surface area contributed by atoms with Gasteiger partial charge in [-0.15, -0.1) is 0 Å². The highest BCUT2D eigenvalue weighted by Crippen LogP contribution is 2.37. The third kappa shape index (κ3) is 10.1. The average Bonchev–Trinajstić information content (AvgIpc) is 2.64. The second kappa shape index (κ2) is 11.7. The monoisotopic (exact) mass is 462 g/mol. The number of amides is 1. The van der Waals surface area contributed by atoms with Crippen molar-refractivity contribution in [2.24, 2.45) is 11.0 Å². The summed E-state index contributed by atoms with van der Waals surface area (Å²) in [6.45, 7) is 19.3. The lowest BCUT2D eigenvalue weighted by molar-refractivity contribution is 0.0493. The van der Waals surface area contributed by atoms with Crippen LogP contribution in [0.15, 0.2) is 35.4 Å². The Kier molecular flexibility index (Phi) is 10.3. The van der Waals surface area contributed by atoms with E-state index in [4.69, 9.17) is 9.16 Å². The summed E-state index contributed by atoms with van der Waals surface area (Å²) in [6.07, 6.45) is 0.632. The van der Waals surface area contributed by atoms with E-state index < -0.39 is 32.1 Å². The van der Waals surface area contributed by atoms with Gasteiger partial charge in [-0.1, -0.05) is 63.1 Å². The van der Waals surface area contributed by atoms with Gasteiger partial charge >= 0.3 is 6.09 Å². The van der Waals surface area contributed by atoms with Crippen LogP contribution < -0.4 is 5.32 Å². The summed E-state index contributed by atoms with van der Waals surface area (Å²) in [7, 11) is -1.87. The van der Waals surface area contributed by atoms with Crippen LogP contribution >= 0.6 is 0 Å². The molecule has 7 nitrogen and oxygen atoms in total. The molecule has 0 aliphatic carbocycles. The predicted octanol–water partition coefficient (Wildman–Crippen LogP) is 6.85. The highest BCUT2D eigenvalue weighted by Gasteiger charge is 2.37. The van der Waals surface area contributed by atoms with E-state index in [0.717, 1.165) is 5.56 Å². The van der Waals surface area contributed by atoms with Crippen LogP contribution in [0.1, 0.15) is 60.5 Å². The number of hydrogen-bond donors (Lipinski definition) is 1. The number of azide groups is 1. The van der Waals surface area contributed by atoms with Crippen LogP contribution in [0.3, 0.4) is 0 Å². The molecule has 0 saturated heterocycles. The normalized spacial score (nSPS) is 15.3. The Hall–Kier alpha value is -2.02. The molecular weight excluding hydrogens is 420 g/mol. The van der Waals surface area contributed by atoms with Crippen LogP contribution in [-0.2, 0) is 15.6 Å². The predicted molar refractivity (Wildman–Crippen MR) is 133 cm³/mol.